The zero-order valence-corrected chi connectivity index (χ0v) is 12.0. The number of hydrogen-bond acceptors (Lipinski definition) is 4. The fourth-order valence-electron chi connectivity index (χ4n) is 2.36. The molecule has 2 N–H and O–H groups in total. The number of para-hydroxylation sites is 1. The molecule has 1 fully saturated rings. The number of piperidine rings is 1. The van der Waals surface area contributed by atoms with Crippen molar-refractivity contribution in [2.75, 3.05) is 18.4 Å². The van der Waals surface area contributed by atoms with E-state index in [1.54, 1.807) is 11.3 Å². The largest absolute Gasteiger partial charge is 0.321 e. The van der Waals surface area contributed by atoms with Crippen molar-refractivity contribution in [2.24, 2.45) is 0 Å². The normalized spacial score (nSPS) is 16.0. The number of hydrogen-bond donors (Lipinski definition) is 2. The predicted octanol–water partition coefficient (Wildman–Crippen LogP) is 2.86. The Morgan fingerprint density at radius 1 is 1.25 bits per heavy atom. The fourth-order valence-corrected chi connectivity index (χ4v) is 3.34. The third-order valence-corrected chi connectivity index (χ3v) is 4.48. The fraction of sp³-hybridized carbons (Fsp3) is 0.333. The monoisotopic (exact) mass is 287 g/mol. The third kappa shape index (κ3) is 3.05. The molecule has 3 rings (SSSR count). The summed E-state index contributed by atoms with van der Waals surface area (Å²) in [5.41, 5.74) is 1.32. The molecule has 0 radical (unpaired) electrons. The number of benzene rings is 1. The summed E-state index contributed by atoms with van der Waals surface area (Å²) >= 11 is 1.60. The van der Waals surface area contributed by atoms with E-state index in [4.69, 9.17) is 0 Å². The van der Waals surface area contributed by atoms with Crippen LogP contribution in [0.4, 0.5) is 5.69 Å². The average molecular weight is 287 g/mol. The number of thiazole rings is 1. The van der Waals surface area contributed by atoms with Gasteiger partial charge in [0.1, 0.15) is 5.69 Å². The minimum absolute atomic E-state index is 0.132. The lowest BCUT2D eigenvalue weighted by molar-refractivity contribution is 0.102. The van der Waals surface area contributed by atoms with Crippen LogP contribution in [0.25, 0.3) is 0 Å². The van der Waals surface area contributed by atoms with Crippen LogP contribution >= 0.6 is 11.3 Å². The molecule has 1 aromatic carbocycles. The summed E-state index contributed by atoms with van der Waals surface area (Å²) < 4.78 is 0. The van der Waals surface area contributed by atoms with E-state index >= 15 is 0 Å². The molecule has 0 unspecified atom stereocenters. The van der Waals surface area contributed by atoms with Crippen LogP contribution in [0.3, 0.4) is 0 Å². The predicted molar refractivity (Wildman–Crippen MR) is 81.4 cm³/mol. The summed E-state index contributed by atoms with van der Waals surface area (Å²) in [6, 6.07) is 9.47. The number of carbonyl (C=O) groups is 1. The van der Waals surface area contributed by atoms with Crippen molar-refractivity contribution >= 4 is 22.9 Å². The van der Waals surface area contributed by atoms with Crippen molar-refractivity contribution in [3.8, 4) is 0 Å². The first-order chi connectivity index (χ1) is 9.83. The van der Waals surface area contributed by atoms with Crippen molar-refractivity contribution in [1.29, 1.82) is 0 Å². The number of amides is 1. The second-order valence-electron chi connectivity index (χ2n) is 4.92. The number of carbonyl (C=O) groups excluding carboxylic acids is 1. The van der Waals surface area contributed by atoms with Crippen molar-refractivity contribution in [3.05, 3.63) is 46.4 Å². The minimum atomic E-state index is -0.132. The Hall–Kier alpha value is -1.72. The number of nitrogens with one attached hydrogen (secondary N) is 2. The molecule has 0 atom stereocenters. The zero-order chi connectivity index (χ0) is 13.8. The molecule has 1 aliphatic rings. The van der Waals surface area contributed by atoms with Gasteiger partial charge in [-0.3, -0.25) is 4.79 Å². The van der Waals surface area contributed by atoms with Gasteiger partial charge in [0.05, 0.1) is 5.01 Å². The molecule has 2 aromatic rings. The van der Waals surface area contributed by atoms with E-state index in [2.05, 4.69) is 15.6 Å². The molecule has 0 saturated carbocycles. The maximum absolute atomic E-state index is 12.1. The lowest BCUT2D eigenvalue weighted by Crippen LogP contribution is -2.26. The second-order valence-corrected chi connectivity index (χ2v) is 5.81. The topological polar surface area (TPSA) is 54.0 Å². The maximum Gasteiger partial charge on any atom is 0.275 e. The van der Waals surface area contributed by atoms with Gasteiger partial charge in [0.15, 0.2) is 0 Å². The summed E-state index contributed by atoms with van der Waals surface area (Å²) in [4.78, 5) is 16.6. The first-order valence-corrected chi connectivity index (χ1v) is 7.73. The Balaban J connectivity index is 1.68. The van der Waals surface area contributed by atoms with E-state index in [0.29, 0.717) is 11.6 Å². The molecule has 20 heavy (non-hydrogen) atoms. The van der Waals surface area contributed by atoms with Crippen LogP contribution in [-0.4, -0.2) is 24.0 Å². The Bertz CT molecular complexity index is 576. The van der Waals surface area contributed by atoms with Crippen LogP contribution in [0.5, 0.6) is 0 Å². The van der Waals surface area contributed by atoms with E-state index < -0.39 is 0 Å². The summed E-state index contributed by atoms with van der Waals surface area (Å²) in [6.45, 7) is 2.07. The van der Waals surface area contributed by atoms with E-state index in [9.17, 15) is 4.79 Å². The van der Waals surface area contributed by atoms with E-state index in [1.165, 1.54) is 0 Å². The molecule has 1 aromatic heterocycles. The molecule has 0 spiro atoms. The number of anilines is 1. The Kier molecular flexibility index (Phi) is 4.08. The summed E-state index contributed by atoms with van der Waals surface area (Å²) in [6.07, 6.45) is 2.21. The molecular formula is C15H17N3OS. The molecule has 2 heterocycles. The average Bonchev–Trinajstić information content (AvgIpc) is 2.99. The molecule has 5 heteroatoms. The van der Waals surface area contributed by atoms with Gasteiger partial charge in [0.2, 0.25) is 0 Å². The molecule has 1 amide bonds. The maximum atomic E-state index is 12.1. The highest BCUT2D eigenvalue weighted by Gasteiger charge is 2.20. The van der Waals surface area contributed by atoms with Gasteiger partial charge in [-0.05, 0) is 38.1 Å². The van der Waals surface area contributed by atoms with Crippen LogP contribution in [0.15, 0.2) is 35.7 Å². The molecule has 1 saturated heterocycles. The van der Waals surface area contributed by atoms with Crippen LogP contribution < -0.4 is 10.6 Å². The first kappa shape index (κ1) is 13.3. The van der Waals surface area contributed by atoms with Gasteiger partial charge < -0.3 is 10.6 Å². The minimum Gasteiger partial charge on any atom is -0.321 e. The summed E-state index contributed by atoms with van der Waals surface area (Å²) in [5, 5.41) is 9.16. The number of aromatic nitrogens is 1. The van der Waals surface area contributed by atoms with Gasteiger partial charge in [0, 0.05) is 17.0 Å². The van der Waals surface area contributed by atoms with Gasteiger partial charge in [-0.1, -0.05) is 18.2 Å². The van der Waals surface area contributed by atoms with Crippen LogP contribution in [-0.2, 0) is 0 Å². The third-order valence-electron chi connectivity index (χ3n) is 3.47. The smallest absolute Gasteiger partial charge is 0.275 e. The highest BCUT2D eigenvalue weighted by molar-refractivity contribution is 7.09. The van der Waals surface area contributed by atoms with Crippen LogP contribution in [0.1, 0.15) is 34.3 Å². The SMILES string of the molecule is O=C(Nc1ccccc1)c1csc(C2CCNCC2)n1. The van der Waals surface area contributed by atoms with Crippen molar-refractivity contribution in [3.63, 3.8) is 0 Å². The second kappa shape index (κ2) is 6.15. The first-order valence-electron chi connectivity index (χ1n) is 6.85. The lowest BCUT2D eigenvalue weighted by Gasteiger charge is -2.20. The Labute approximate surface area is 122 Å². The molecule has 0 bridgehead atoms. The van der Waals surface area contributed by atoms with E-state index in [-0.39, 0.29) is 5.91 Å². The summed E-state index contributed by atoms with van der Waals surface area (Å²) in [5.74, 6) is 0.368. The van der Waals surface area contributed by atoms with Crippen LogP contribution in [0, 0.1) is 0 Å². The van der Waals surface area contributed by atoms with Crippen molar-refractivity contribution < 1.29 is 4.79 Å². The van der Waals surface area contributed by atoms with E-state index in [1.807, 2.05) is 35.7 Å². The number of rotatable bonds is 3. The Morgan fingerprint density at radius 2 is 2.00 bits per heavy atom. The highest BCUT2D eigenvalue weighted by atomic mass is 32.1. The molecule has 1 aliphatic heterocycles. The van der Waals surface area contributed by atoms with E-state index in [0.717, 1.165) is 36.6 Å². The molecule has 4 nitrogen and oxygen atoms in total. The Morgan fingerprint density at radius 3 is 2.75 bits per heavy atom. The van der Waals surface area contributed by atoms with Gasteiger partial charge in [0.25, 0.3) is 5.91 Å². The quantitative estimate of drug-likeness (QED) is 0.912. The lowest BCUT2D eigenvalue weighted by atomic mass is 9.99. The van der Waals surface area contributed by atoms with Crippen molar-refractivity contribution in [1.82, 2.24) is 10.3 Å². The van der Waals surface area contributed by atoms with Gasteiger partial charge >= 0.3 is 0 Å². The highest BCUT2D eigenvalue weighted by Crippen LogP contribution is 2.28. The van der Waals surface area contributed by atoms with Gasteiger partial charge in [-0.15, -0.1) is 11.3 Å². The standard InChI is InChI=1S/C15H17N3OS/c19-14(17-12-4-2-1-3-5-12)13-10-20-15(18-13)11-6-8-16-9-7-11/h1-5,10-11,16H,6-9H2,(H,17,19). The molecular weight excluding hydrogens is 270 g/mol. The zero-order valence-electron chi connectivity index (χ0n) is 11.1. The van der Waals surface area contributed by atoms with Crippen LogP contribution in [0.2, 0.25) is 0 Å². The summed E-state index contributed by atoms with van der Waals surface area (Å²) in [7, 11) is 0. The number of nitrogens with zero attached hydrogens (tertiary/aromatic N) is 1. The molecule has 104 valence electrons. The van der Waals surface area contributed by atoms with Gasteiger partial charge in [-0.2, -0.15) is 0 Å². The van der Waals surface area contributed by atoms with Gasteiger partial charge in [-0.25, -0.2) is 4.98 Å². The molecule has 0 aliphatic carbocycles. The van der Waals surface area contributed by atoms with Crippen molar-refractivity contribution in [2.45, 2.75) is 18.8 Å².